The molecular weight excluding hydrogens is 346 g/mol. The second-order valence-corrected chi connectivity index (χ2v) is 8.04. The minimum Gasteiger partial charge on any atom is -0.326 e. The van der Waals surface area contributed by atoms with Crippen LogP contribution in [-0.4, -0.2) is 24.4 Å². The first kappa shape index (κ1) is 18.7. The second kappa shape index (κ2) is 6.70. The largest absolute Gasteiger partial charge is 0.326 e. The van der Waals surface area contributed by atoms with Crippen molar-refractivity contribution >= 4 is 28.1 Å². The fourth-order valence-corrected chi connectivity index (χ4v) is 4.46. The maximum atomic E-state index is 12.1. The van der Waals surface area contributed by atoms with Gasteiger partial charge in [0, 0.05) is 29.7 Å². The number of halogens is 1. The number of aromatic nitrogens is 1. The Labute approximate surface area is 148 Å². The van der Waals surface area contributed by atoms with Gasteiger partial charge in [0.25, 0.3) is 0 Å². The van der Waals surface area contributed by atoms with Gasteiger partial charge >= 0.3 is 0 Å². The maximum Gasteiger partial charge on any atom is 0.235 e. The molecule has 3 N–H and O–H groups in total. The standard InChI is InChI=1S/C17H21N3O2S.ClH/c1-11-10-20(23(2,21)22)16-8-13(7-15(19)17(11)16)14-6-4-3-5-12(14)9-18;/h3-6,10,13,19H,7-9,18H2,1-2H3;1H. The zero-order chi connectivity index (χ0) is 16.8. The average Bonchev–Trinajstić information content (AvgIpc) is 2.84. The number of aryl methyl sites for hydroxylation is 1. The normalized spacial score (nSPS) is 17.3. The molecule has 1 aliphatic carbocycles. The Hall–Kier alpha value is -1.63. The van der Waals surface area contributed by atoms with Crippen molar-refractivity contribution in [2.75, 3.05) is 6.26 Å². The quantitative estimate of drug-likeness (QED) is 0.873. The first-order valence-electron chi connectivity index (χ1n) is 7.60. The van der Waals surface area contributed by atoms with Crippen LogP contribution in [0, 0.1) is 12.3 Å². The Kier molecular flexibility index (Phi) is 5.22. The van der Waals surface area contributed by atoms with E-state index in [1.165, 1.54) is 10.2 Å². The van der Waals surface area contributed by atoms with E-state index in [4.69, 9.17) is 11.1 Å². The predicted molar refractivity (Wildman–Crippen MR) is 98.9 cm³/mol. The Morgan fingerprint density at radius 1 is 1.29 bits per heavy atom. The van der Waals surface area contributed by atoms with E-state index in [2.05, 4.69) is 0 Å². The molecule has 1 unspecified atom stereocenters. The third kappa shape index (κ3) is 3.14. The van der Waals surface area contributed by atoms with Crippen molar-refractivity contribution in [1.82, 2.24) is 3.97 Å². The molecule has 0 radical (unpaired) electrons. The minimum atomic E-state index is -3.37. The summed E-state index contributed by atoms with van der Waals surface area (Å²) >= 11 is 0. The lowest BCUT2D eigenvalue weighted by molar-refractivity contribution is 0.587. The highest BCUT2D eigenvalue weighted by Gasteiger charge is 2.31. The van der Waals surface area contributed by atoms with Gasteiger partial charge in [0.15, 0.2) is 0 Å². The minimum absolute atomic E-state index is 0. The molecule has 0 amide bonds. The number of benzene rings is 1. The summed E-state index contributed by atoms with van der Waals surface area (Å²) in [4.78, 5) is 0. The molecule has 0 spiro atoms. The van der Waals surface area contributed by atoms with Gasteiger partial charge in [-0.2, -0.15) is 0 Å². The molecule has 1 aliphatic rings. The van der Waals surface area contributed by atoms with Crippen LogP contribution >= 0.6 is 12.4 Å². The summed E-state index contributed by atoms with van der Waals surface area (Å²) in [7, 11) is -3.37. The van der Waals surface area contributed by atoms with Crippen molar-refractivity contribution < 1.29 is 8.42 Å². The Morgan fingerprint density at radius 3 is 2.58 bits per heavy atom. The van der Waals surface area contributed by atoms with E-state index in [1.54, 1.807) is 6.20 Å². The molecule has 7 heteroatoms. The van der Waals surface area contributed by atoms with E-state index in [-0.39, 0.29) is 18.3 Å². The summed E-state index contributed by atoms with van der Waals surface area (Å²) in [5.74, 6) is 0.0875. The summed E-state index contributed by atoms with van der Waals surface area (Å²) < 4.78 is 25.5. The molecule has 24 heavy (non-hydrogen) atoms. The molecule has 1 atom stereocenters. The molecule has 1 heterocycles. The third-order valence-corrected chi connectivity index (χ3v) is 5.56. The zero-order valence-electron chi connectivity index (χ0n) is 13.7. The first-order chi connectivity index (χ1) is 10.8. The second-order valence-electron chi connectivity index (χ2n) is 6.18. The number of nitrogens with one attached hydrogen (secondary N) is 1. The van der Waals surface area contributed by atoms with Crippen LogP contribution in [0.1, 0.15) is 40.3 Å². The number of hydrogen-bond acceptors (Lipinski definition) is 4. The lowest BCUT2D eigenvalue weighted by atomic mass is 9.79. The van der Waals surface area contributed by atoms with Gasteiger partial charge in [-0.1, -0.05) is 24.3 Å². The average molecular weight is 368 g/mol. The molecule has 5 nitrogen and oxygen atoms in total. The lowest BCUT2D eigenvalue weighted by Crippen LogP contribution is -2.24. The van der Waals surface area contributed by atoms with E-state index in [0.29, 0.717) is 25.1 Å². The van der Waals surface area contributed by atoms with E-state index < -0.39 is 10.0 Å². The summed E-state index contributed by atoms with van der Waals surface area (Å²) in [5.41, 5.74) is 10.9. The highest BCUT2D eigenvalue weighted by atomic mass is 35.5. The van der Waals surface area contributed by atoms with Crippen molar-refractivity contribution in [3.63, 3.8) is 0 Å². The number of nitrogens with two attached hydrogens (primary N) is 1. The number of nitrogens with zero attached hydrogens (tertiary/aromatic N) is 1. The van der Waals surface area contributed by atoms with Crippen molar-refractivity contribution in [3.05, 3.63) is 58.4 Å². The summed E-state index contributed by atoms with van der Waals surface area (Å²) in [5, 5.41) is 8.40. The Bertz CT molecular complexity index is 887. The Morgan fingerprint density at radius 2 is 1.96 bits per heavy atom. The van der Waals surface area contributed by atoms with Crippen LogP contribution in [0.2, 0.25) is 0 Å². The van der Waals surface area contributed by atoms with Crippen molar-refractivity contribution in [2.45, 2.75) is 32.2 Å². The van der Waals surface area contributed by atoms with Gasteiger partial charge in [0.1, 0.15) is 0 Å². The van der Waals surface area contributed by atoms with E-state index in [1.807, 2.05) is 31.2 Å². The molecule has 2 aromatic rings. The van der Waals surface area contributed by atoms with Gasteiger partial charge in [0.05, 0.1) is 6.26 Å². The molecule has 3 rings (SSSR count). The van der Waals surface area contributed by atoms with Gasteiger partial charge in [-0.25, -0.2) is 12.4 Å². The number of rotatable bonds is 3. The monoisotopic (exact) mass is 367 g/mol. The van der Waals surface area contributed by atoms with Crippen molar-refractivity contribution in [1.29, 1.82) is 5.41 Å². The molecule has 0 bridgehead atoms. The third-order valence-electron chi connectivity index (χ3n) is 4.52. The van der Waals surface area contributed by atoms with Crippen LogP contribution in [0.3, 0.4) is 0 Å². The molecule has 0 saturated heterocycles. The van der Waals surface area contributed by atoms with Crippen LogP contribution < -0.4 is 5.73 Å². The number of hydrogen-bond donors (Lipinski definition) is 2. The smallest absolute Gasteiger partial charge is 0.235 e. The topological polar surface area (TPSA) is 88.9 Å². The molecule has 1 aromatic heterocycles. The summed E-state index contributed by atoms with van der Waals surface area (Å²) in [6, 6.07) is 7.95. The fraction of sp³-hybridized carbons (Fsp3) is 0.353. The van der Waals surface area contributed by atoms with Crippen LogP contribution in [0.15, 0.2) is 30.5 Å². The van der Waals surface area contributed by atoms with Crippen LogP contribution in [-0.2, 0) is 23.0 Å². The van der Waals surface area contributed by atoms with Gasteiger partial charge in [-0.05, 0) is 42.4 Å². The fourth-order valence-electron chi connectivity index (χ4n) is 3.55. The SMILES string of the molecule is Cc1cn(S(C)(=O)=O)c2c1C(=N)CC(c1ccccc1CN)C2.Cl. The first-order valence-corrected chi connectivity index (χ1v) is 9.44. The van der Waals surface area contributed by atoms with Gasteiger partial charge in [-0.15, -0.1) is 12.4 Å². The highest BCUT2D eigenvalue weighted by Crippen LogP contribution is 2.36. The van der Waals surface area contributed by atoms with Crippen LogP contribution in [0.25, 0.3) is 0 Å². The molecule has 0 saturated carbocycles. The van der Waals surface area contributed by atoms with E-state index in [9.17, 15) is 8.42 Å². The van der Waals surface area contributed by atoms with E-state index in [0.717, 1.165) is 27.9 Å². The van der Waals surface area contributed by atoms with Crippen LogP contribution in [0.5, 0.6) is 0 Å². The van der Waals surface area contributed by atoms with Crippen molar-refractivity contribution in [2.24, 2.45) is 5.73 Å². The lowest BCUT2D eigenvalue weighted by Gasteiger charge is -2.26. The summed E-state index contributed by atoms with van der Waals surface area (Å²) in [6.07, 6.45) is 4.05. The molecule has 0 aliphatic heterocycles. The number of fused-ring (bicyclic) bond motifs is 1. The van der Waals surface area contributed by atoms with Gasteiger partial charge < -0.3 is 11.1 Å². The highest BCUT2D eigenvalue weighted by molar-refractivity contribution is 7.89. The van der Waals surface area contributed by atoms with Gasteiger partial charge in [-0.3, -0.25) is 0 Å². The van der Waals surface area contributed by atoms with Gasteiger partial charge in [0.2, 0.25) is 10.0 Å². The molecule has 130 valence electrons. The Balaban J connectivity index is 0.00000208. The molecular formula is C17H22ClN3O2S. The zero-order valence-corrected chi connectivity index (χ0v) is 15.4. The molecule has 1 aromatic carbocycles. The van der Waals surface area contributed by atoms with Crippen LogP contribution in [0.4, 0.5) is 0 Å². The molecule has 0 fully saturated rings. The van der Waals surface area contributed by atoms with E-state index >= 15 is 0 Å². The van der Waals surface area contributed by atoms with Crippen molar-refractivity contribution in [3.8, 4) is 0 Å². The predicted octanol–water partition coefficient (Wildman–Crippen LogP) is 2.58. The maximum absolute atomic E-state index is 12.1. The summed E-state index contributed by atoms with van der Waals surface area (Å²) in [6.45, 7) is 2.31.